The highest BCUT2D eigenvalue weighted by molar-refractivity contribution is 6.30. The van der Waals surface area contributed by atoms with Crippen LogP contribution in [-0.4, -0.2) is 32.5 Å². The van der Waals surface area contributed by atoms with E-state index in [-0.39, 0.29) is 30.5 Å². The molecule has 1 aromatic heterocycles. The van der Waals surface area contributed by atoms with Gasteiger partial charge < -0.3 is 15.7 Å². The van der Waals surface area contributed by atoms with Crippen molar-refractivity contribution < 1.29 is 14.3 Å². The lowest BCUT2D eigenvalue weighted by Gasteiger charge is -2.01. The third kappa shape index (κ3) is 4.14. The number of aromatic nitrogens is 3. The molecule has 2 aromatic rings. The topological polar surface area (TPSA) is 98.6 Å². The Hall–Kier alpha value is -2.19. The number of benzene rings is 1. The van der Waals surface area contributed by atoms with Crippen LogP contribution < -0.4 is 5.73 Å². The molecule has 7 nitrogen and oxygen atoms in total. The monoisotopic (exact) mass is 313 g/mol. The maximum Gasteiger partial charge on any atom is 0.162 e. The maximum atomic E-state index is 13.1. The van der Waals surface area contributed by atoms with Crippen molar-refractivity contribution in [3.63, 3.8) is 0 Å². The van der Waals surface area contributed by atoms with Crippen LogP contribution in [0.1, 0.15) is 12.1 Å². The Labute approximate surface area is 124 Å². The molecule has 0 atom stereocenters. The molecule has 0 radical (unpaired) electrons. The van der Waals surface area contributed by atoms with E-state index in [1.165, 1.54) is 22.9 Å². The Morgan fingerprint density at radius 2 is 2.33 bits per heavy atom. The van der Waals surface area contributed by atoms with E-state index in [2.05, 4.69) is 15.5 Å². The van der Waals surface area contributed by atoms with Crippen LogP contribution in [0.4, 0.5) is 4.39 Å². The number of halogens is 2. The van der Waals surface area contributed by atoms with Gasteiger partial charge in [-0.2, -0.15) is 0 Å². The maximum absolute atomic E-state index is 13.1. The van der Waals surface area contributed by atoms with E-state index in [1.807, 2.05) is 0 Å². The summed E-state index contributed by atoms with van der Waals surface area (Å²) in [6.45, 7) is -0.0265. The number of nitrogens with zero attached hydrogens (tertiary/aromatic N) is 4. The molecule has 0 saturated carbocycles. The lowest BCUT2D eigenvalue weighted by atomic mass is 10.3. The van der Waals surface area contributed by atoms with Crippen LogP contribution >= 0.6 is 11.6 Å². The third-order valence-corrected chi connectivity index (χ3v) is 2.76. The van der Waals surface area contributed by atoms with Crippen molar-refractivity contribution in [2.45, 2.75) is 13.0 Å². The second kappa shape index (κ2) is 7.00. The van der Waals surface area contributed by atoms with Gasteiger partial charge in [0.2, 0.25) is 0 Å². The summed E-state index contributed by atoms with van der Waals surface area (Å²) >= 11 is 5.71. The average Bonchev–Trinajstić information content (AvgIpc) is 2.91. The Kier molecular flexibility index (Phi) is 5.07. The quantitative estimate of drug-likeness (QED) is 0.475. The van der Waals surface area contributed by atoms with Crippen LogP contribution in [0.3, 0.4) is 0 Å². The Balaban J connectivity index is 2.01. The van der Waals surface area contributed by atoms with Gasteiger partial charge in [0.1, 0.15) is 17.3 Å². The van der Waals surface area contributed by atoms with Gasteiger partial charge in [0.25, 0.3) is 0 Å². The molecule has 0 bridgehead atoms. The first-order valence-electron chi connectivity index (χ1n) is 6.02. The van der Waals surface area contributed by atoms with E-state index < -0.39 is 5.82 Å². The number of amidine groups is 1. The molecular formula is C12H13ClFN5O2. The number of nitrogens with two attached hydrogens (primary N) is 1. The van der Waals surface area contributed by atoms with Gasteiger partial charge >= 0.3 is 0 Å². The van der Waals surface area contributed by atoms with Crippen molar-refractivity contribution in [2.75, 3.05) is 6.61 Å². The minimum Gasteiger partial charge on any atom is -0.396 e. The summed E-state index contributed by atoms with van der Waals surface area (Å²) in [7, 11) is 0. The van der Waals surface area contributed by atoms with Gasteiger partial charge in [-0.15, -0.1) is 5.10 Å². The zero-order chi connectivity index (χ0) is 15.2. The van der Waals surface area contributed by atoms with Crippen LogP contribution in [0.2, 0.25) is 5.02 Å². The molecule has 2 rings (SSSR count). The van der Waals surface area contributed by atoms with E-state index in [9.17, 15) is 4.39 Å². The van der Waals surface area contributed by atoms with Gasteiger partial charge in [0.05, 0.1) is 23.5 Å². The lowest BCUT2D eigenvalue weighted by molar-refractivity contribution is 0.126. The predicted molar refractivity (Wildman–Crippen MR) is 74.4 cm³/mol. The van der Waals surface area contributed by atoms with Gasteiger partial charge in [-0.1, -0.05) is 22.0 Å². The second-order valence-corrected chi connectivity index (χ2v) is 4.49. The van der Waals surface area contributed by atoms with E-state index in [0.29, 0.717) is 11.4 Å². The van der Waals surface area contributed by atoms with Crippen LogP contribution in [0.15, 0.2) is 29.6 Å². The van der Waals surface area contributed by atoms with E-state index in [1.54, 1.807) is 6.20 Å². The van der Waals surface area contributed by atoms with Crippen molar-refractivity contribution in [1.29, 1.82) is 0 Å². The molecule has 0 spiro atoms. The fourth-order valence-corrected chi connectivity index (χ4v) is 1.63. The van der Waals surface area contributed by atoms with Crippen LogP contribution in [0, 0.1) is 5.82 Å². The second-order valence-electron chi connectivity index (χ2n) is 4.08. The fourth-order valence-electron chi connectivity index (χ4n) is 1.46. The van der Waals surface area contributed by atoms with Gasteiger partial charge in [-0.3, -0.25) is 0 Å². The van der Waals surface area contributed by atoms with Crippen LogP contribution in [0.5, 0.6) is 0 Å². The molecule has 1 heterocycles. The summed E-state index contributed by atoms with van der Waals surface area (Å²) in [5, 5.41) is 20.0. The Bertz CT molecular complexity index is 646. The predicted octanol–water partition coefficient (Wildman–Crippen LogP) is 1.23. The SMILES string of the molecule is N/C(CCO)=N\OCc1cn(-c2ccc(F)c(Cl)c2)nn1. The van der Waals surface area contributed by atoms with Crippen molar-refractivity contribution in [2.24, 2.45) is 10.9 Å². The van der Waals surface area contributed by atoms with Gasteiger partial charge in [-0.05, 0) is 18.2 Å². The molecule has 0 aliphatic carbocycles. The molecule has 0 amide bonds. The minimum atomic E-state index is -0.502. The number of oxime groups is 1. The first-order chi connectivity index (χ1) is 10.1. The molecule has 0 aliphatic heterocycles. The number of aliphatic hydroxyl groups is 1. The van der Waals surface area contributed by atoms with Crippen LogP contribution in [0.25, 0.3) is 5.69 Å². The van der Waals surface area contributed by atoms with E-state index >= 15 is 0 Å². The first-order valence-corrected chi connectivity index (χ1v) is 6.39. The summed E-state index contributed by atoms with van der Waals surface area (Å²) in [5.74, 6) is -0.312. The van der Waals surface area contributed by atoms with E-state index in [4.69, 9.17) is 27.3 Å². The molecular weight excluding hydrogens is 301 g/mol. The first kappa shape index (κ1) is 15.2. The third-order valence-electron chi connectivity index (χ3n) is 2.47. The molecule has 0 aliphatic rings. The van der Waals surface area contributed by atoms with Gasteiger partial charge in [0, 0.05) is 6.42 Å². The van der Waals surface area contributed by atoms with Crippen molar-refractivity contribution in [3.05, 3.63) is 40.9 Å². The standard InChI is InChI=1S/C12H13ClFN5O2/c13-10-5-9(1-2-11(10)14)19-6-8(16-18-19)7-21-17-12(15)3-4-20/h1-2,5-6,20H,3-4,7H2,(H2,15,17). The molecule has 21 heavy (non-hydrogen) atoms. The summed E-state index contributed by atoms with van der Waals surface area (Å²) in [6, 6.07) is 4.21. The number of hydrogen-bond acceptors (Lipinski definition) is 5. The number of rotatable bonds is 6. The van der Waals surface area contributed by atoms with Crippen molar-refractivity contribution in [1.82, 2.24) is 15.0 Å². The molecule has 0 fully saturated rings. The summed E-state index contributed by atoms with van der Waals surface area (Å²) < 4.78 is 14.5. The lowest BCUT2D eigenvalue weighted by Crippen LogP contribution is -2.13. The number of aliphatic hydroxyl groups excluding tert-OH is 1. The molecule has 9 heteroatoms. The van der Waals surface area contributed by atoms with Crippen molar-refractivity contribution >= 4 is 17.4 Å². The highest BCUT2D eigenvalue weighted by Gasteiger charge is 2.06. The van der Waals surface area contributed by atoms with E-state index in [0.717, 1.165) is 0 Å². The zero-order valence-corrected chi connectivity index (χ0v) is 11.7. The normalized spacial score (nSPS) is 11.7. The largest absolute Gasteiger partial charge is 0.396 e. The minimum absolute atomic E-state index is 0.00202. The zero-order valence-electron chi connectivity index (χ0n) is 10.9. The number of hydrogen-bond donors (Lipinski definition) is 2. The Morgan fingerprint density at radius 3 is 3.05 bits per heavy atom. The van der Waals surface area contributed by atoms with Crippen molar-refractivity contribution in [3.8, 4) is 5.69 Å². The molecule has 0 saturated heterocycles. The molecule has 112 valence electrons. The van der Waals surface area contributed by atoms with Gasteiger partial charge in [-0.25, -0.2) is 9.07 Å². The summed E-state index contributed by atoms with van der Waals surface area (Å²) in [6.07, 6.45) is 1.84. The molecule has 1 aromatic carbocycles. The summed E-state index contributed by atoms with van der Waals surface area (Å²) in [5.41, 5.74) is 6.53. The molecule has 0 unspecified atom stereocenters. The average molecular weight is 314 g/mol. The highest BCUT2D eigenvalue weighted by atomic mass is 35.5. The Morgan fingerprint density at radius 1 is 1.52 bits per heavy atom. The summed E-state index contributed by atoms with van der Waals surface area (Å²) in [4.78, 5) is 4.98. The fraction of sp³-hybridized carbons (Fsp3) is 0.250. The highest BCUT2D eigenvalue weighted by Crippen LogP contribution is 2.18. The smallest absolute Gasteiger partial charge is 0.162 e. The van der Waals surface area contributed by atoms with Gasteiger partial charge in [0.15, 0.2) is 6.61 Å². The molecule has 3 N–H and O–H groups in total. The van der Waals surface area contributed by atoms with Crippen LogP contribution in [-0.2, 0) is 11.4 Å².